The zero-order valence-corrected chi connectivity index (χ0v) is 35.5. The minimum Gasteiger partial charge on any atom is -0.457 e. The monoisotopic (exact) mass is 804 g/mol. The van der Waals surface area contributed by atoms with Crippen LogP contribution < -0.4 is 4.90 Å². The third-order valence-corrected chi connectivity index (χ3v) is 15.1. The lowest BCUT2D eigenvalue weighted by Crippen LogP contribution is -2.45. The van der Waals surface area contributed by atoms with Crippen LogP contribution in [0.25, 0.3) is 50.8 Å². The number of fused-ring (bicyclic) bond motifs is 8. The van der Waals surface area contributed by atoms with Gasteiger partial charge in [0, 0.05) is 50.1 Å². The number of hydrogen-bond acceptors (Lipinski definition) is 5. The molecule has 5 aliphatic carbocycles. The number of rotatable bonds is 6. The second-order valence-corrected chi connectivity index (χ2v) is 18.9. The van der Waals surface area contributed by atoms with Gasteiger partial charge in [-0.25, -0.2) is 9.97 Å². The summed E-state index contributed by atoms with van der Waals surface area (Å²) in [4.78, 5) is 13.7. The van der Waals surface area contributed by atoms with Crippen LogP contribution in [-0.2, 0) is 16.4 Å². The van der Waals surface area contributed by atoms with E-state index in [-0.39, 0.29) is 11.3 Å². The number of furan rings is 1. The first-order valence-electron chi connectivity index (χ1n) is 22.4. The van der Waals surface area contributed by atoms with Crippen LogP contribution in [0.1, 0.15) is 81.0 Å². The van der Waals surface area contributed by atoms with Crippen molar-refractivity contribution in [2.75, 3.05) is 4.90 Å². The zero-order chi connectivity index (χ0) is 41.8. The van der Waals surface area contributed by atoms with Crippen molar-refractivity contribution in [1.29, 1.82) is 5.26 Å². The standard InChI is InChI=1S/C57H48N4O/c1-36-20-24-48-44(32-36)47-23-22-43-42-19-13-18-41(38-14-7-4-8-15-38)51(42)62-53(43)56(47,3)61(48)49-25-21-40(57-30-26-37(34-57)27-31-57)33-45(49)54-59-50(39-16-9-5-10-17-39)46(35-58)52(60-54)55(2)28-11-6-12-29-55/h4-26,28,30,33,36-37,47H,27,29,31-32,34H2,1-3H3. The summed E-state index contributed by atoms with van der Waals surface area (Å²) >= 11 is 0. The van der Waals surface area contributed by atoms with Crippen molar-refractivity contribution >= 4 is 22.7 Å². The first-order valence-corrected chi connectivity index (χ1v) is 22.4. The number of nitriles is 1. The second-order valence-electron chi connectivity index (χ2n) is 18.9. The van der Waals surface area contributed by atoms with Crippen LogP contribution >= 0.6 is 0 Å². The van der Waals surface area contributed by atoms with E-state index in [4.69, 9.17) is 14.4 Å². The van der Waals surface area contributed by atoms with E-state index in [0.29, 0.717) is 28.9 Å². The number of aromatic nitrogens is 2. The van der Waals surface area contributed by atoms with Crippen LogP contribution in [0.4, 0.5) is 5.69 Å². The maximum atomic E-state index is 11.0. The molecule has 6 unspecified atom stereocenters. The number of para-hydroxylation sites is 1. The van der Waals surface area contributed by atoms with Crippen molar-refractivity contribution in [3.05, 3.63) is 191 Å². The Morgan fingerprint density at radius 1 is 0.823 bits per heavy atom. The molecule has 5 nitrogen and oxygen atoms in total. The van der Waals surface area contributed by atoms with E-state index in [9.17, 15) is 5.26 Å². The lowest BCUT2D eigenvalue weighted by Gasteiger charge is -2.43. The van der Waals surface area contributed by atoms with Crippen molar-refractivity contribution in [3.8, 4) is 39.8 Å². The molecule has 6 aromatic rings. The fourth-order valence-corrected chi connectivity index (χ4v) is 11.9. The Morgan fingerprint density at radius 3 is 2.37 bits per heavy atom. The summed E-state index contributed by atoms with van der Waals surface area (Å²) in [6.45, 7) is 6.91. The Kier molecular flexibility index (Phi) is 8.13. The molecule has 1 aliphatic heterocycles. The molecular formula is C57H48N4O. The molecular weight excluding hydrogens is 757 g/mol. The van der Waals surface area contributed by atoms with Crippen LogP contribution in [0.2, 0.25) is 0 Å². The van der Waals surface area contributed by atoms with Crippen LogP contribution in [-0.4, -0.2) is 9.97 Å². The molecule has 0 N–H and O–H groups in total. The summed E-state index contributed by atoms with van der Waals surface area (Å²) in [6, 6.07) is 37.1. The molecule has 6 aliphatic rings. The van der Waals surface area contributed by atoms with E-state index in [2.05, 4.69) is 171 Å². The van der Waals surface area contributed by atoms with Crippen LogP contribution in [0.3, 0.4) is 0 Å². The molecule has 1 saturated carbocycles. The summed E-state index contributed by atoms with van der Waals surface area (Å²) in [7, 11) is 0. The van der Waals surface area contributed by atoms with Gasteiger partial charge in [0.15, 0.2) is 5.82 Å². The Morgan fingerprint density at radius 2 is 1.65 bits per heavy atom. The molecule has 3 heterocycles. The molecule has 2 aromatic heterocycles. The van der Waals surface area contributed by atoms with E-state index in [1.807, 2.05) is 18.2 Å². The predicted octanol–water partition coefficient (Wildman–Crippen LogP) is 13.7. The molecule has 1 fully saturated rings. The molecule has 62 heavy (non-hydrogen) atoms. The maximum absolute atomic E-state index is 11.0. The lowest BCUT2D eigenvalue weighted by atomic mass is 9.73. The van der Waals surface area contributed by atoms with Gasteiger partial charge in [-0.1, -0.05) is 153 Å². The van der Waals surface area contributed by atoms with Crippen LogP contribution in [0, 0.1) is 29.1 Å². The molecule has 0 saturated heterocycles. The molecule has 5 heteroatoms. The molecule has 6 atom stereocenters. The fourth-order valence-electron chi connectivity index (χ4n) is 11.9. The van der Waals surface area contributed by atoms with Gasteiger partial charge >= 0.3 is 0 Å². The number of nitrogens with zero attached hydrogens (tertiary/aromatic N) is 4. The van der Waals surface area contributed by atoms with Gasteiger partial charge in [-0.15, -0.1) is 0 Å². The minimum atomic E-state index is -0.614. The van der Waals surface area contributed by atoms with Gasteiger partial charge in [0.2, 0.25) is 0 Å². The van der Waals surface area contributed by atoms with Crippen molar-refractivity contribution in [3.63, 3.8) is 0 Å². The second kappa shape index (κ2) is 13.6. The van der Waals surface area contributed by atoms with Crippen molar-refractivity contribution in [2.45, 2.75) is 69.2 Å². The van der Waals surface area contributed by atoms with Crippen molar-refractivity contribution in [2.24, 2.45) is 17.8 Å². The molecule has 12 rings (SSSR count). The first-order chi connectivity index (χ1) is 30.3. The number of benzene rings is 4. The summed E-state index contributed by atoms with van der Waals surface area (Å²) in [5, 5.41) is 12.1. The summed E-state index contributed by atoms with van der Waals surface area (Å²) in [5.41, 5.74) is 12.0. The highest BCUT2D eigenvalue weighted by molar-refractivity contribution is 5.99. The first kappa shape index (κ1) is 37.0. The molecule has 302 valence electrons. The highest BCUT2D eigenvalue weighted by atomic mass is 16.3. The minimum absolute atomic E-state index is 0.0200. The summed E-state index contributed by atoms with van der Waals surface area (Å²) in [5.74, 6) is 2.72. The van der Waals surface area contributed by atoms with Gasteiger partial charge in [-0.3, -0.25) is 0 Å². The van der Waals surface area contributed by atoms with E-state index in [0.717, 1.165) is 81.6 Å². The van der Waals surface area contributed by atoms with Gasteiger partial charge in [-0.05, 0) is 85.8 Å². The summed E-state index contributed by atoms with van der Waals surface area (Å²) < 4.78 is 7.35. The largest absolute Gasteiger partial charge is 0.457 e. The molecule has 0 amide bonds. The SMILES string of the molecule is CC1C=CC2=C(C1)C1C=Cc3c(oc4c(-c5ccccc5)cccc34)C1(C)N2c1ccc(C23C=CC(CC2)C3)cc1-c1nc(-c2ccccc2)c(C#N)c(C2(C)C=CC=CC2)n1. The number of hydrogen-bond donors (Lipinski definition) is 0. The van der Waals surface area contributed by atoms with E-state index in [1.54, 1.807) is 0 Å². The van der Waals surface area contributed by atoms with Gasteiger partial charge in [-0.2, -0.15) is 5.26 Å². The van der Waals surface area contributed by atoms with Gasteiger partial charge < -0.3 is 9.32 Å². The maximum Gasteiger partial charge on any atom is 0.162 e. The third kappa shape index (κ3) is 5.32. The molecule has 0 radical (unpaired) electrons. The topological polar surface area (TPSA) is 66.0 Å². The smallest absolute Gasteiger partial charge is 0.162 e. The third-order valence-electron chi connectivity index (χ3n) is 15.1. The van der Waals surface area contributed by atoms with Crippen LogP contribution in [0.5, 0.6) is 0 Å². The van der Waals surface area contributed by atoms with Crippen molar-refractivity contribution < 1.29 is 4.42 Å². The van der Waals surface area contributed by atoms with E-state index >= 15 is 0 Å². The Labute approximate surface area is 363 Å². The average Bonchev–Trinajstić information content (AvgIpc) is 4.10. The van der Waals surface area contributed by atoms with Gasteiger partial charge in [0.1, 0.15) is 28.5 Å². The lowest BCUT2D eigenvalue weighted by molar-refractivity contribution is 0.331. The molecule has 2 bridgehead atoms. The number of anilines is 1. The Bertz CT molecular complexity index is 3080. The molecule has 0 spiro atoms. The quantitative estimate of drug-likeness (QED) is 0.157. The highest BCUT2D eigenvalue weighted by Gasteiger charge is 2.56. The zero-order valence-electron chi connectivity index (χ0n) is 35.5. The fraction of sp³-hybridized carbons (Fsp3) is 0.246. The van der Waals surface area contributed by atoms with Gasteiger partial charge in [0.05, 0.1) is 17.1 Å². The summed E-state index contributed by atoms with van der Waals surface area (Å²) in [6.07, 6.45) is 28.1. The number of allylic oxidation sites excluding steroid dienone is 8. The highest BCUT2D eigenvalue weighted by Crippen LogP contribution is 2.60. The van der Waals surface area contributed by atoms with E-state index < -0.39 is 11.0 Å². The normalized spacial score (nSPS) is 27.5. The Hall–Kier alpha value is -6.77. The van der Waals surface area contributed by atoms with Gasteiger partial charge in [0.25, 0.3) is 0 Å². The van der Waals surface area contributed by atoms with E-state index in [1.165, 1.54) is 23.3 Å². The average molecular weight is 805 g/mol. The van der Waals surface area contributed by atoms with Crippen LogP contribution in [0.15, 0.2) is 167 Å². The predicted molar refractivity (Wildman–Crippen MR) is 250 cm³/mol. The van der Waals surface area contributed by atoms with Crippen molar-refractivity contribution in [1.82, 2.24) is 9.97 Å². The Balaban J connectivity index is 1.14. The molecule has 4 aromatic carbocycles.